The first-order valence-electron chi connectivity index (χ1n) is 10.7. The first-order chi connectivity index (χ1) is 13.3. The Morgan fingerprint density at radius 1 is 1.11 bits per heavy atom. The fourth-order valence-electron chi connectivity index (χ4n) is 5.85. The average Bonchev–Trinajstić information content (AvgIpc) is 3.05. The number of benzene rings is 1. The summed E-state index contributed by atoms with van der Waals surface area (Å²) < 4.78 is 0. The van der Waals surface area contributed by atoms with Crippen molar-refractivity contribution >= 4 is 12.0 Å². The summed E-state index contributed by atoms with van der Waals surface area (Å²) in [6.45, 7) is 10.8. The quantitative estimate of drug-likeness (QED) is 0.556. The van der Waals surface area contributed by atoms with Gasteiger partial charge in [-0.25, -0.2) is 0 Å². The van der Waals surface area contributed by atoms with Crippen molar-refractivity contribution in [1.29, 1.82) is 0 Å². The number of fused-ring (bicyclic) bond motifs is 1. The molecule has 0 aromatic heterocycles. The van der Waals surface area contributed by atoms with Crippen molar-refractivity contribution in [3.63, 3.8) is 0 Å². The summed E-state index contributed by atoms with van der Waals surface area (Å²) in [5, 5.41) is 10.6. The van der Waals surface area contributed by atoms with Crippen molar-refractivity contribution in [2.24, 2.45) is 28.6 Å². The summed E-state index contributed by atoms with van der Waals surface area (Å²) in [4.78, 5) is 12.9. The van der Waals surface area contributed by atoms with Crippen molar-refractivity contribution in [3.05, 3.63) is 65.3 Å². The molecule has 0 bridgehead atoms. The third-order valence-electron chi connectivity index (χ3n) is 7.48. The predicted octanol–water partition coefficient (Wildman–Crippen LogP) is 6.76. The van der Waals surface area contributed by atoms with Gasteiger partial charge in [-0.05, 0) is 43.6 Å². The van der Waals surface area contributed by atoms with Crippen molar-refractivity contribution < 1.29 is 9.90 Å². The molecule has 0 spiro atoms. The Morgan fingerprint density at radius 2 is 1.75 bits per heavy atom. The number of rotatable bonds is 6. The van der Waals surface area contributed by atoms with Crippen LogP contribution in [-0.2, 0) is 4.79 Å². The summed E-state index contributed by atoms with van der Waals surface area (Å²) in [5.41, 5.74) is 2.51. The van der Waals surface area contributed by atoms with E-state index < -0.39 is 16.8 Å². The van der Waals surface area contributed by atoms with E-state index in [0.29, 0.717) is 11.8 Å². The third kappa shape index (κ3) is 2.98. The minimum Gasteiger partial charge on any atom is -0.481 e. The topological polar surface area (TPSA) is 37.3 Å². The second-order valence-electron chi connectivity index (χ2n) is 8.68. The highest BCUT2D eigenvalue weighted by Gasteiger charge is 2.62. The van der Waals surface area contributed by atoms with E-state index in [9.17, 15) is 9.90 Å². The molecule has 0 unspecified atom stereocenters. The van der Waals surface area contributed by atoms with E-state index in [1.54, 1.807) is 0 Å². The lowest BCUT2D eigenvalue weighted by atomic mass is 9.48. The van der Waals surface area contributed by atoms with Crippen molar-refractivity contribution in [2.45, 2.75) is 53.9 Å². The normalized spacial score (nSPS) is 34.8. The van der Waals surface area contributed by atoms with E-state index in [4.69, 9.17) is 0 Å². The van der Waals surface area contributed by atoms with Crippen LogP contribution in [0.1, 0.15) is 59.4 Å². The van der Waals surface area contributed by atoms with Crippen LogP contribution in [-0.4, -0.2) is 11.1 Å². The van der Waals surface area contributed by atoms with Gasteiger partial charge in [0.2, 0.25) is 0 Å². The van der Waals surface area contributed by atoms with Crippen molar-refractivity contribution in [3.8, 4) is 0 Å². The average molecular weight is 379 g/mol. The van der Waals surface area contributed by atoms with Gasteiger partial charge in [0, 0.05) is 11.3 Å². The second-order valence-corrected chi connectivity index (χ2v) is 8.68. The lowest BCUT2D eigenvalue weighted by Gasteiger charge is -2.53. The van der Waals surface area contributed by atoms with Crippen LogP contribution in [0.3, 0.4) is 0 Å². The third-order valence-corrected chi connectivity index (χ3v) is 7.48. The van der Waals surface area contributed by atoms with Gasteiger partial charge in [0.05, 0.1) is 5.41 Å². The van der Waals surface area contributed by atoms with Gasteiger partial charge in [-0.1, -0.05) is 93.5 Å². The molecule has 2 nitrogen and oxygen atoms in total. The highest BCUT2D eigenvalue weighted by molar-refractivity contribution is 5.79. The molecule has 1 N–H and O–H groups in total. The van der Waals surface area contributed by atoms with Gasteiger partial charge < -0.3 is 5.11 Å². The zero-order valence-electron chi connectivity index (χ0n) is 17.9. The molecule has 28 heavy (non-hydrogen) atoms. The van der Waals surface area contributed by atoms with Crippen molar-refractivity contribution in [2.75, 3.05) is 0 Å². The fraction of sp³-hybridized carbons (Fsp3) is 0.500. The van der Waals surface area contributed by atoms with Crippen LogP contribution in [0.2, 0.25) is 0 Å². The smallest absolute Gasteiger partial charge is 0.311 e. The van der Waals surface area contributed by atoms with E-state index in [-0.39, 0.29) is 5.92 Å². The first kappa shape index (κ1) is 20.6. The Morgan fingerprint density at radius 3 is 2.29 bits per heavy atom. The molecule has 5 atom stereocenters. The number of hydrogen-bond acceptors (Lipinski definition) is 1. The number of aliphatic carboxylic acids is 1. The van der Waals surface area contributed by atoms with E-state index in [1.807, 2.05) is 25.1 Å². The SMILES string of the molecule is CCC1=C[C@](/C=C/c2ccccc2)(CC)[C@@](C)(C(=O)O)[C@@H]2C(CC)=C[C@H](C)[C@@H]12. The first-order valence-corrected chi connectivity index (χ1v) is 10.7. The number of carboxylic acid groups (broad SMARTS) is 1. The minimum absolute atomic E-state index is 0.0605. The van der Waals surface area contributed by atoms with Crippen LogP contribution in [0.4, 0.5) is 0 Å². The monoisotopic (exact) mass is 378 g/mol. The largest absolute Gasteiger partial charge is 0.481 e. The molecule has 0 heterocycles. The Hall–Kier alpha value is -2.09. The van der Waals surface area contributed by atoms with Crippen LogP contribution in [0.15, 0.2) is 59.7 Å². The highest BCUT2D eigenvalue weighted by atomic mass is 16.4. The van der Waals surface area contributed by atoms with Gasteiger partial charge in [-0.3, -0.25) is 4.79 Å². The molecule has 2 aliphatic carbocycles. The number of hydrogen-bond donors (Lipinski definition) is 1. The van der Waals surface area contributed by atoms with Crippen LogP contribution in [0.25, 0.3) is 6.08 Å². The molecule has 0 fully saturated rings. The Balaban J connectivity index is 2.23. The molecule has 0 amide bonds. The summed E-state index contributed by atoms with van der Waals surface area (Å²) in [6.07, 6.45) is 11.6. The molecule has 2 aliphatic rings. The molecule has 150 valence electrons. The maximum atomic E-state index is 12.9. The van der Waals surface area contributed by atoms with Gasteiger partial charge in [0.1, 0.15) is 0 Å². The zero-order chi connectivity index (χ0) is 20.5. The Labute approximate surface area is 170 Å². The minimum atomic E-state index is -0.858. The number of allylic oxidation sites excluding steroid dienone is 5. The standard InChI is InChI=1S/C26H34O2/c1-6-20-16-18(4)22-21(7-2)17-26(8-3,25(5,23(20)22)24(27)28)15-14-19-12-10-9-11-13-19/h9-18,22-23H,6-8H2,1-5H3,(H,27,28)/b15-14+/t18-,22-,23+,25+,26+/m0/s1. The summed E-state index contributed by atoms with van der Waals surface area (Å²) >= 11 is 0. The van der Waals surface area contributed by atoms with Gasteiger partial charge in [0.25, 0.3) is 0 Å². The Kier molecular flexibility index (Phi) is 5.70. The van der Waals surface area contributed by atoms with Crippen LogP contribution >= 0.6 is 0 Å². The molecular formula is C26H34O2. The van der Waals surface area contributed by atoms with Crippen LogP contribution < -0.4 is 0 Å². The van der Waals surface area contributed by atoms with E-state index in [0.717, 1.165) is 24.8 Å². The molecule has 1 aromatic carbocycles. The molecule has 1 aromatic rings. The molecule has 3 rings (SSSR count). The van der Waals surface area contributed by atoms with Gasteiger partial charge in [0.15, 0.2) is 0 Å². The predicted molar refractivity (Wildman–Crippen MR) is 117 cm³/mol. The maximum Gasteiger partial charge on any atom is 0.311 e. The van der Waals surface area contributed by atoms with Crippen molar-refractivity contribution in [1.82, 2.24) is 0 Å². The summed E-state index contributed by atoms with van der Waals surface area (Å²) in [7, 11) is 0. The lowest BCUT2D eigenvalue weighted by molar-refractivity contribution is -0.159. The maximum absolute atomic E-state index is 12.9. The summed E-state index contributed by atoms with van der Waals surface area (Å²) in [5.74, 6) is 0.0934. The van der Waals surface area contributed by atoms with Crippen LogP contribution in [0, 0.1) is 28.6 Å². The van der Waals surface area contributed by atoms with E-state index >= 15 is 0 Å². The zero-order valence-corrected chi connectivity index (χ0v) is 17.9. The number of carboxylic acids is 1. The van der Waals surface area contributed by atoms with Gasteiger partial charge in [-0.2, -0.15) is 0 Å². The molecule has 0 radical (unpaired) electrons. The van der Waals surface area contributed by atoms with E-state index in [1.165, 1.54) is 11.1 Å². The van der Waals surface area contributed by atoms with E-state index in [2.05, 4.69) is 64.1 Å². The number of carbonyl (C=O) groups is 1. The molecular weight excluding hydrogens is 344 g/mol. The Bertz CT molecular complexity index is 816. The van der Waals surface area contributed by atoms with Gasteiger partial charge >= 0.3 is 5.97 Å². The molecule has 0 aliphatic heterocycles. The van der Waals surface area contributed by atoms with Crippen LogP contribution in [0.5, 0.6) is 0 Å². The second kappa shape index (κ2) is 7.73. The summed E-state index contributed by atoms with van der Waals surface area (Å²) in [6, 6.07) is 10.2. The lowest BCUT2D eigenvalue weighted by Crippen LogP contribution is -2.54. The molecule has 0 saturated carbocycles. The highest BCUT2D eigenvalue weighted by Crippen LogP contribution is 2.63. The molecule has 0 saturated heterocycles. The van der Waals surface area contributed by atoms with Gasteiger partial charge in [-0.15, -0.1) is 0 Å². The fourth-order valence-corrected chi connectivity index (χ4v) is 5.85. The molecule has 2 heteroatoms.